The van der Waals surface area contributed by atoms with Gasteiger partial charge in [-0.3, -0.25) is 4.90 Å². The lowest BCUT2D eigenvalue weighted by atomic mass is 10.1. The van der Waals surface area contributed by atoms with Gasteiger partial charge in [0.1, 0.15) is 0 Å². The summed E-state index contributed by atoms with van der Waals surface area (Å²) in [7, 11) is 1.92. The van der Waals surface area contributed by atoms with Crippen molar-refractivity contribution in [3.8, 4) is 11.5 Å². The Morgan fingerprint density at radius 1 is 1.32 bits per heavy atom. The maximum atomic E-state index is 9.09. The van der Waals surface area contributed by atoms with Gasteiger partial charge in [0, 0.05) is 11.6 Å². The van der Waals surface area contributed by atoms with Crippen LogP contribution in [0, 0.1) is 6.92 Å². The van der Waals surface area contributed by atoms with Crippen LogP contribution in [0.5, 0.6) is 0 Å². The third-order valence-electron chi connectivity index (χ3n) is 3.24. The second kappa shape index (κ2) is 5.95. The average molecular weight is 261 g/mol. The Morgan fingerprint density at radius 2 is 2.05 bits per heavy atom. The van der Waals surface area contributed by atoms with E-state index in [1.807, 2.05) is 50.1 Å². The highest BCUT2D eigenvalue weighted by atomic mass is 16.4. The molecule has 5 nitrogen and oxygen atoms in total. The minimum absolute atomic E-state index is 0.0637. The molecule has 1 heterocycles. The topological polar surface area (TPSA) is 62.4 Å². The third kappa shape index (κ3) is 3.19. The van der Waals surface area contributed by atoms with Crippen LogP contribution in [0.15, 0.2) is 28.7 Å². The smallest absolute Gasteiger partial charge is 0.248 e. The second-order valence-electron chi connectivity index (χ2n) is 4.76. The van der Waals surface area contributed by atoms with E-state index in [0.717, 1.165) is 11.1 Å². The predicted molar refractivity (Wildman–Crippen MR) is 72.5 cm³/mol. The Morgan fingerprint density at radius 3 is 2.74 bits per heavy atom. The van der Waals surface area contributed by atoms with Crippen LogP contribution >= 0.6 is 0 Å². The number of aliphatic hydroxyl groups excluding tert-OH is 1. The van der Waals surface area contributed by atoms with Gasteiger partial charge < -0.3 is 9.52 Å². The van der Waals surface area contributed by atoms with Gasteiger partial charge in [-0.2, -0.15) is 0 Å². The van der Waals surface area contributed by atoms with Crippen molar-refractivity contribution in [3.05, 3.63) is 35.7 Å². The quantitative estimate of drug-likeness (QED) is 0.890. The molecule has 0 aliphatic rings. The Hall–Kier alpha value is -1.72. The number of rotatable bonds is 5. The highest BCUT2D eigenvalue weighted by molar-refractivity contribution is 5.57. The van der Waals surface area contributed by atoms with Crippen molar-refractivity contribution in [1.82, 2.24) is 15.1 Å². The Kier molecular flexibility index (Phi) is 4.29. The summed E-state index contributed by atoms with van der Waals surface area (Å²) in [5.74, 6) is 1.10. The molecule has 1 aromatic carbocycles. The molecule has 1 atom stereocenters. The highest BCUT2D eigenvalue weighted by Crippen LogP contribution is 2.21. The first-order chi connectivity index (χ1) is 9.11. The molecule has 19 heavy (non-hydrogen) atoms. The summed E-state index contributed by atoms with van der Waals surface area (Å²) in [5.41, 5.74) is 2.06. The van der Waals surface area contributed by atoms with Crippen molar-refractivity contribution in [3.63, 3.8) is 0 Å². The van der Waals surface area contributed by atoms with E-state index < -0.39 is 0 Å². The minimum Gasteiger partial charge on any atom is -0.419 e. The van der Waals surface area contributed by atoms with Gasteiger partial charge in [-0.1, -0.05) is 18.2 Å². The number of hydrogen-bond acceptors (Lipinski definition) is 5. The van der Waals surface area contributed by atoms with Gasteiger partial charge in [0.05, 0.1) is 13.2 Å². The van der Waals surface area contributed by atoms with Gasteiger partial charge in [0.2, 0.25) is 11.8 Å². The molecule has 0 bridgehead atoms. The molecule has 0 spiro atoms. The van der Waals surface area contributed by atoms with E-state index in [-0.39, 0.29) is 12.6 Å². The molecule has 2 rings (SSSR count). The maximum absolute atomic E-state index is 9.09. The summed E-state index contributed by atoms with van der Waals surface area (Å²) in [6.07, 6.45) is 0. The lowest BCUT2D eigenvalue weighted by Crippen LogP contribution is -2.31. The Labute approximate surface area is 112 Å². The van der Waals surface area contributed by atoms with Gasteiger partial charge in [-0.05, 0) is 32.5 Å². The van der Waals surface area contributed by atoms with Crippen LogP contribution in [0.25, 0.3) is 11.5 Å². The Bertz CT molecular complexity index is 539. The Balaban J connectivity index is 2.14. The molecule has 2 aromatic rings. The first-order valence-electron chi connectivity index (χ1n) is 6.31. The van der Waals surface area contributed by atoms with Crippen molar-refractivity contribution in [2.45, 2.75) is 26.4 Å². The molecule has 1 N–H and O–H groups in total. The molecule has 0 aliphatic heterocycles. The zero-order chi connectivity index (χ0) is 13.8. The van der Waals surface area contributed by atoms with Crippen molar-refractivity contribution >= 4 is 0 Å². The van der Waals surface area contributed by atoms with E-state index in [4.69, 9.17) is 9.52 Å². The number of likely N-dealkylation sites (N-methyl/N-ethyl adjacent to an activating group) is 1. The lowest BCUT2D eigenvalue weighted by molar-refractivity contribution is 0.145. The van der Waals surface area contributed by atoms with Gasteiger partial charge in [-0.25, -0.2) is 0 Å². The van der Waals surface area contributed by atoms with Crippen molar-refractivity contribution in [1.29, 1.82) is 0 Å². The summed E-state index contributed by atoms with van der Waals surface area (Å²) in [5, 5.41) is 17.2. The molecule has 1 unspecified atom stereocenters. The number of aryl methyl sites for hydroxylation is 1. The normalized spacial score (nSPS) is 12.9. The maximum Gasteiger partial charge on any atom is 0.248 e. The molecule has 1 aromatic heterocycles. The van der Waals surface area contributed by atoms with Crippen LogP contribution in [-0.2, 0) is 6.54 Å². The van der Waals surface area contributed by atoms with E-state index in [0.29, 0.717) is 18.3 Å². The zero-order valence-corrected chi connectivity index (χ0v) is 11.5. The number of hydrogen-bond donors (Lipinski definition) is 1. The van der Waals surface area contributed by atoms with Gasteiger partial charge in [0.15, 0.2) is 0 Å². The molecule has 0 aliphatic carbocycles. The first kappa shape index (κ1) is 13.7. The average Bonchev–Trinajstić information content (AvgIpc) is 2.86. The summed E-state index contributed by atoms with van der Waals surface area (Å²) in [6.45, 7) is 4.59. The van der Waals surface area contributed by atoms with E-state index >= 15 is 0 Å². The lowest BCUT2D eigenvalue weighted by Gasteiger charge is -2.20. The van der Waals surface area contributed by atoms with Crippen LogP contribution in [0.1, 0.15) is 18.4 Å². The summed E-state index contributed by atoms with van der Waals surface area (Å²) in [6, 6.07) is 7.97. The summed E-state index contributed by atoms with van der Waals surface area (Å²) >= 11 is 0. The van der Waals surface area contributed by atoms with Crippen LogP contribution in [0.2, 0.25) is 0 Å². The fourth-order valence-electron chi connectivity index (χ4n) is 1.75. The number of nitrogens with zero attached hydrogens (tertiary/aromatic N) is 3. The van der Waals surface area contributed by atoms with Gasteiger partial charge in [0.25, 0.3) is 0 Å². The monoisotopic (exact) mass is 261 g/mol. The van der Waals surface area contributed by atoms with E-state index in [2.05, 4.69) is 10.2 Å². The van der Waals surface area contributed by atoms with Crippen molar-refractivity contribution in [2.75, 3.05) is 13.7 Å². The predicted octanol–water partition coefficient (Wildman–Crippen LogP) is 1.86. The van der Waals surface area contributed by atoms with Gasteiger partial charge >= 0.3 is 0 Å². The SMILES string of the molecule is Cc1ccccc1-c1nnc(CN(C)C(C)CO)o1. The van der Waals surface area contributed by atoms with Crippen LogP contribution in [-0.4, -0.2) is 39.9 Å². The van der Waals surface area contributed by atoms with E-state index in [1.54, 1.807) is 0 Å². The fraction of sp³-hybridized carbons (Fsp3) is 0.429. The second-order valence-corrected chi connectivity index (χ2v) is 4.76. The van der Waals surface area contributed by atoms with Crippen LogP contribution in [0.4, 0.5) is 0 Å². The highest BCUT2D eigenvalue weighted by Gasteiger charge is 2.14. The van der Waals surface area contributed by atoms with E-state index in [1.165, 1.54) is 0 Å². The fourth-order valence-corrected chi connectivity index (χ4v) is 1.75. The third-order valence-corrected chi connectivity index (χ3v) is 3.24. The molecule has 0 amide bonds. The molecular weight excluding hydrogens is 242 g/mol. The zero-order valence-electron chi connectivity index (χ0n) is 11.5. The summed E-state index contributed by atoms with van der Waals surface area (Å²) in [4.78, 5) is 1.97. The summed E-state index contributed by atoms with van der Waals surface area (Å²) < 4.78 is 5.67. The van der Waals surface area contributed by atoms with Gasteiger partial charge in [-0.15, -0.1) is 10.2 Å². The van der Waals surface area contributed by atoms with Crippen LogP contribution in [0.3, 0.4) is 0 Å². The molecular formula is C14H19N3O2. The minimum atomic E-state index is 0.0637. The molecule has 5 heteroatoms. The first-order valence-corrected chi connectivity index (χ1v) is 6.31. The van der Waals surface area contributed by atoms with E-state index in [9.17, 15) is 0 Å². The molecule has 0 radical (unpaired) electrons. The largest absolute Gasteiger partial charge is 0.419 e. The number of aliphatic hydroxyl groups is 1. The molecule has 0 saturated heterocycles. The number of aromatic nitrogens is 2. The number of benzene rings is 1. The van der Waals surface area contributed by atoms with Crippen molar-refractivity contribution < 1.29 is 9.52 Å². The molecule has 102 valence electrons. The molecule has 0 fully saturated rings. The molecule has 0 saturated carbocycles. The standard InChI is InChI=1S/C14H19N3O2/c1-10-6-4-5-7-12(10)14-16-15-13(19-14)8-17(3)11(2)9-18/h4-7,11,18H,8-9H2,1-3H3. The van der Waals surface area contributed by atoms with Crippen molar-refractivity contribution in [2.24, 2.45) is 0 Å². The van der Waals surface area contributed by atoms with Crippen LogP contribution < -0.4 is 0 Å².